The highest BCUT2D eigenvalue weighted by atomic mass is 15.2. The van der Waals surface area contributed by atoms with Crippen molar-refractivity contribution in [2.24, 2.45) is 29.6 Å². The van der Waals surface area contributed by atoms with E-state index >= 15 is 0 Å². The lowest BCUT2D eigenvalue weighted by atomic mass is 9.94. The normalized spacial score (nSPS) is 16.2. The molecule has 0 N–H and O–H groups in total. The van der Waals surface area contributed by atoms with Crippen LogP contribution in [0.2, 0.25) is 0 Å². The molecule has 0 saturated carbocycles. The maximum atomic E-state index is 2.93. The van der Waals surface area contributed by atoms with E-state index in [0.717, 1.165) is 29.6 Å². The van der Waals surface area contributed by atoms with Gasteiger partial charge in [-0.1, -0.05) is 139 Å². The Kier molecular flexibility index (Phi) is 25.8. The van der Waals surface area contributed by atoms with Crippen molar-refractivity contribution < 1.29 is 0 Å². The van der Waals surface area contributed by atoms with Gasteiger partial charge in [-0.25, -0.2) is 0 Å². The third kappa shape index (κ3) is 19.1. The highest BCUT2D eigenvalue weighted by Crippen LogP contribution is 2.23. The molecule has 0 aliphatic rings. The first-order valence-corrected chi connectivity index (χ1v) is 17.8. The molecule has 0 spiro atoms. The van der Waals surface area contributed by atoms with Crippen LogP contribution in [0.1, 0.15) is 165 Å². The Hall–Kier alpha value is -0.0800. The summed E-state index contributed by atoms with van der Waals surface area (Å²) in [6.07, 6.45) is 22.0. The standard InChI is InChI=1S/C36H76N2/c1-10-18-22-33(14-5)28-37(29-34(15-6)23-19-11-2)26-32(9)27-38(30-35(16-7)24-20-12-3)31-36(17-8)25-21-13-4/h32-36H,10-31H2,1-9H3. The molecule has 0 saturated heterocycles. The Bertz CT molecular complexity index is 400. The molecule has 0 fully saturated rings. The Morgan fingerprint density at radius 2 is 0.605 bits per heavy atom. The predicted molar refractivity (Wildman–Crippen MR) is 175 cm³/mol. The summed E-state index contributed by atoms with van der Waals surface area (Å²) in [5, 5.41) is 0. The topological polar surface area (TPSA) is 6.48 Å². The van der Waals surface area contributed by atoms with Gasteiger partial charge in [-0.15, -0.1) is 0 Å². The van der Waals surface area contributed by atoms with Gasteiger partial charge in [0, 0.05) is 39.3 Å². The van der Waals surface area contributed by atoms with E-state index in [1.807, 2.05) is 0 Å². The van der Waals surface area contributed by atoms with Crippen molar-refractivity contribution >= 4 is 0 Å². The number of rotatable bonds is 28. The maximum absolute atomic E-state index is 2.93. The van der Waals surface area contributed by atoms with E-state index < -0.39 is 0 Å². The molecule has 0 aromatic heterocycles. The molecule has 38 heavy (non-hydrogen) atoms. The molecule has 2 heteroatoms. The number of unbranched alkanes of at least 4 members (excludes halogenated alkanes) is 4. The fraction of sp³-hybridized carbons (Fsp3) is 1.00. The van der Waals surface area contributed by atoms with Gasteiger partial charge in [-0.05, 0) is 55.3 Å². The molecule has 4 atom stereocenters. The molecule has 0 radical (unpaired) electrons. The van der Waals surface area contributed by atoms with Crippen LogP contribution >= 0.6 is 0 Å². The second-order valence-electron chi connectivity index (χ2n) is 13.2. The van der Waals surface area contributed by atoms with E-state index in [1.54, 1.807) is 0 Å². The van der Waals surface area contributed by atoms with Crippen LogP contribution in [0.5, 0.6) is 0 Å². The van der Waals surface area contributed by atoms with E-state index in [1.165, 1.54) is 142 Å². The average Bonchev–Trinajstić information content (AvgIpc) is 2.92. The molecule has 0 aliphatic carbocycles. The largest absolute Gasteiger partial charge is 0.302 e. The monoisotopic (exact) mass is 537 g/mol. The van der Waals surface area contributed by atoms with E-state index in [-0.39, 0.29) is 0 Å². The highest BCUT2D eigenvalue weighted by Gasteiger charge is 2.22. The molecular weight excluding hydrogens is 460 g/mol. The zero-order valence-corrected chi connectivity index (χ0v) is 28.3. The van der Waals surface area contributed by atoms with E-state index in [4.69, 9.17) is 0 Å². The highest BCUT2D eigenvalue weighted by molar-refractivity contribution is 4.76. The third-order valence-electron chi connectivity index (χ3n) is 9.38. The van der Waals surface area contributed by atoms with Crippen molar-refractivity contribution in [1.29, 1.82) is 0 Å². The summed E-state index contributed by atoms with van der Waals surface area (Å²) in [4.78, 5) is 5.86. The molecule has 0 aliphatic heterocycles. The Morgan fingerprint density at radius 1 is 0.368 bits per heavy atom. The zero-order chi connectivity index (χ0) is 28.6. The number of hydrogen-bond acceptors (Lipinski definition) is 2. The minimum absolute atomic E-state index is 0.745. The van der Waals surface area contributed by atoms with Crippen LogP contribution in [0, 0.1) is 29.6 Å². The van der Waals surface area contributed by atoms with Gasteiger partial charge in [0.1, 0.15) is 0 Å². The fourth-order valence-electron chi connectivity index (χ4n) is 6.52. The van der Waals surface area contributed by atoms with Crippen molar-refractivity contribution in [1.82, 2.24) is 9.80 Å². The molecule has 0 heterocycles. The van der Waals surface area contributed by atoms with Crippen molar-refractivity contribution in [2.75, 3.05) is 39.3 Å². The zero-order valence-electron chi connectivity index (χ0n) is 28.3. The summed E-state index contributed by atoms with van der Waals surface area (Å²) in [7, 11) is 0. The minimum Gasteiger partial charge on any atom is -0.302 e. The predicted octanol–water partition coefficient (Wildman–Crippen LogP) is 11.1. The SMILES string of the molecule is CCCCC(CC)CN(CC(C)CN(CC(CC)CCCC)CC(CC)CCCC)CC(CC)CCCC. The van der Waals surface area contributed by atoms with Gasteiger partial charge in [-0.3, -0.25) is 0 Å². The number of hydrogen-bond donors (Lipinski definition) is 0. The molecular formula is C36H76N2. The lowest BCUT2D eigenvalue weighted by Gasteiger charge is -2.36. The third-order valence-corrected chi connectivity index (χ3v) is 9.38. The van der Waals surface area contributed by atoms with E-state index in [0.29, 0.717) is 0 Å². The van der Waals surface area contributed by atoms with Crippen LogP contribution in [-0.4, -0.2) is 49.1 Å². The first-order valence-electron chi connectivity index (χ1n) is 17.8. The van der Waals surface area contributed by atoms with Gasteiger partial charge in [0.15, 0.2) is 0 Å². The van der Waals surface area contributed by atoms with Gasteiger partial charge in [-0.2, -0.15) is 0 Å². The fourth-order valence-corrected chi connectivity index (χ4v) is 6.52. The van der Waals surface area contributed by atoms with E-state index in [2.05, 4.69) is 72.1 Å². The maximum Gasteiger partial charge on any atom is 0.00195 e. The first kappa shape index (κ1) is 37.9. The average molecular weight is 537 g/mol. The quantitative estimate of drug-likeness (QED) is 0.0980. The Morgan fingerprint density at radius 3 is 0.789 bits per heavy atom. The van der Waals surface area contributed by atoms with Crippen LogP contribution < -0.4 is 0 Å². The summed E-state index contributed by atoms with van der Waals surface area (Å²) >= 11 is 0. The van der Waals surface area contributed by atoms with Crippen LogP contribution in [0.3, 0.4) is 0 Å². The summed E-state index contributed by atoms with van der Waals surface area (Å²) in [6.45, 7) is 29.6. The summed E-state index contributed by atoms with van der Waals surface area (Å²) in [6, 6.07) is 0. The molecule has 0 aromatic rings. The van der Waals surface area contributed by atoms with Gasteiger partial charge in [0.25, 0.3) is 0 Å². The summed E-state index contributed by atoms with van der Waals surface area (Å²) in [5.41, 5.74) is 0. The summed E-state index contributed by atoms with van der Waals surface area (Å²) in [5.74, 6) is 4.24. The molecule has 0 bridgehead atoms. The molecule has 230 valence electrons. The number of nitrogens with zero attached hydrogens (tertiary/aromatic N) is 2. The molecule has 0 rings (SSSR count). The summed E-state index contributed by atoms with van der Waals surface area (Å²) < 4.78 is 0. The van der Waals surface area contributed by atoms with Crippen molar-refractivity contribution in [2.45, 2.75) is 165 Å². The van der Waals surface area contributed by atoms with Crippen molar-refractivity contribution in [3.05, 3.63) is 0 Å². The Balaban J connectivity index is 5.51. The van der Waals surface area contributed by atoms with Crippen LogP contribution in [-0.2, 0) is 0 Å². The first-order chi connectivity index (χ1) is 18.4. The lowest BCUT2D eigenvalue weighted by Crippen LogP contribution is -2.42. The lowest BCUT2D eigenvalue weighted by molar-refractivity contribution is 0.121. The smallest absolute Gasteiger partial charge is 0.00195 e. The second kappa shape index (κ2) is 25.9. The van der Waals surface area contributed by atoms with Crippen LogP contribution in [0.15, 0.2) is 0 Å². The molecule has 2 nitrogen and oxygen atoms in total. The van der Waals surface area contributed by atoms with Crippen LogP contribution in [0.4, 0.5) is 0 Å². The molecule has 4 unspecified atom stereocenters. The van der Waals surface area contributed by atoms with Gasteiger partial charge < -0.3 is 9.80 Å². The van der Waals surface area contributed by atoms with Crippen molar-refractivity contribution in [3.8, 4) is 0 Å². The van der Waals surface area contributed by atoms with Gasteiger partial charge >= 0.3 is 0 Å². The molecule has 0 aromatic carbocycles. The minimum atomic E-state index is 0.745. The second-order valence-corrected chi connectivity index (χ2v) is 13.2. The van der Waals surface area contributed by atoms with Gasteiger partial charge in [0.2, 0.25) is 0 Å². The van der Waals surface area contributed by atoms with Crippen molar-refractivity contribution in [3.63, 3.8) is 0 Å². The van der Waals surface area contributed by atoms with E-state index in [9.17, 15) is 0 Å². The van der Waals surface area contributed by atoms with Gasteiger partial charge in [0.05, 0.1) is 0 Å². The Labute approximate surface area is 243 Å². The van der Waals surface area contributed by atoms with Crippen LogP contribution in [0.25, 0.3) is 0 Å². The molecule has 0 amide bonds.